The minimum Gasteiger partial charge on any atom is -0.373 e. The lowest BCUT2D eigenvalue weighted by atomic mass is 10.1. The molecule has 0 radical (unpaired) electrons. The molecule has 2 unspecified atom stereocenters. The van der Waals surface area contributed by atoms with Crippen LogP contribution in [0.3, 0.4) is 0 Å². The number of phosphoric ester groups is 1. The van der Waals surface area contributed by atoms with Gasteiger partial charge in [0, 0.05) is 0 Å². The van der Waals surface area contributed by atoms with Crippen LogP contribution in [-0.4, -0.2) is 30.8 Å². The second kappa shape index (κ2) is 9.05. The molecule has 2 atom stereocenters. The van der Waals surface area contributed by atoms with Crippen LogP contribution in [-0.2, 0) is 18.3 Å². The monoisotopic (exact) mass is 280 g/mol. The maximum atomic E-state index is 11.3. The molecule has 0 saturated carbocycles. The Morgan fingerprint density at radius 3 is 2.61 bits per heavy atom. The Bertz CT molecular complexity index is 259. The lowest BCUT2D eigenvalue weighted by Gasteiger charge is -2.23. The van der Waals surface area contributed by atoms with E-state index in [1.54, 1.807) is 0 Å². The van der Waals surface area contributed by atoms with Crippen LogP contribution in [0.15, 0.2) is 0 Å². The van der Waals surface area contributed by atoms with Crippen molar-refractivity contribution in [2.45, 2.75) is 58.0 Å². The Morgan fingerprint density at radius 2 is 1.83 bits per heavy atom. The highest BCUT2D eigenvalue weighted by Gasteiger charge is 2.25. The highest BCUT2D eigenvalue weighted by Crippen LogP contribution is 2.44. The van der Waals surface area contributed by atoms with Gasteiger partial charge in [-0.25, -0.2) is 4.57 Å². The van der Waals surface area contributed by atoms with E-state index in [9.17, 15) is 9.46 Å². The first kappa shape index (κ1) is 16.1. The zero-order valence-electron chi connectivity index (χ0n) is 11.2. The van der Waals surface area contributed by atoms with E-state index in [-0.39, 0.29) is 19.3 Å². The molecule has 18 heavy (non-hydrogen) atoms. The largest absolute Gasteiger partial charge is 0.472 e. The molecule has 1 heterocycles. The zero-order chi connectivity index (χ0) is 13.3. The van der Waals surface area contributed by atoms with Gasteiger partial charge in [0.2, 0.25) is 0 Å². The number of rotatable bonds is 7. The number of ether oxygens (including phenoxy) is 1. The lowest BCUT2D eigenvalue weighted by molar-refractivity contribution is -0.0324. The predicted molar refractivity (Wildman–Crippen MR) is 69.5 cm³/mol. The molecule has 1 rings (SSSR count). The molecule has 0 bridgehead atoms. The third-order valence-electron chi connectivity index (χ3n) is 2.99. The van der Waals surface area contributed by atoms with Crippen molar-refractivity contribution in [3.63, 3.8) is 0 Å². The molecule has 0 aromatic rings. The van der Waals surface area contributed by atoms with Crippen molar-refractivity contribution in [1.82, 2.24) is 0 Å². The van der Waals surface area contributed by atoms with Crippen molar-refractivity contribution in [1.29, 1.82) is 0 Å². The summed E-state index contributed by atoms with van der Waals surface area (Å²) in [6.07, 6.45) is 8.16. The van der Waals surface area contributed by atoms with Crippen LogP contribution in [0.5, 0.6) is 0 Å². The quantitative estimate of drug-likeness (QED) is 0.572. The van der Waals surface area contributed by atoms with Gasteiger partial charge in [-0.1, -0.05) is 45.4 Å². The molecule has 0 amide bonds. The number of hydrogen-bond acceptors (Lipinski definition) is 4. The minimum atomic E-state index is -3.83. The summed E-state index contributed by atoms with van der Waals surface area (Å²) in [6.45, 7) is 2.81. The molecular weight excluding hydrogens is 255 g/mol. The molecule has 0 aromatic heterocycles. The third-order valence-corrected chi connectivity index (χ3v) is 3.98. The molecule has 1 fully saturated rings. The van der Waals surface area contributed by atoms with Crippen molar-refractivity contribution in [3.8, 4) is 0 Å². The summed E-state index contributed by atoms with van der Waals surface area (Å²) in [6, 6.07) is 0. The summed E-state index contributed by atoms with van der Waals surface area (Å²) in [7, 11) is -3.83. The van der Waals surface area contributed by atoms with Crippen molar-refractivity contribution >= 4 is 7.82 Å². The smallest absolute Gasteiger partial charge is 0.373 e. The topological polar surface area (TPSA) is 65.0 Å². The van der Waals surface area contributed by atoms with Crippen LogP contribution < -0.4 is 0 Å². The van der Waals surface area contributed by atoms with E-state index in [2.05, 4.69) is 11.4 Å². The SMILES string of the molecule is CCCCCCCCC1COP(=O)(O)OCCO1. The molecule has 108 valence electrons. The molecule has 1 N–H and O–H groups in total. The minimum absolute atomic E-state index is 0.0828. The molecule has 1 aliphatic heterocycles. The van der Waals surface area contributed by atoms with Crippen LogP contribution >= 0.6 is 7.82 Å². The van der Waals surface area contributed by atoms with Gasteiger partial charge in [-0.05, 0) is 6.42 Å². The zero-order valence-corrected chi connectivity index (χ0v) is 12.1. The number of hydrogen-bond donors (Lipinski definition) is 1. The summed E-state index contributed by atoms with van der Waals surface area (Å²) >= 11 is 0. The van der Waals surface area contributed by atoms with Crippen molar-refractivity contribution in [2.24, 2.45) is 0 Å². The molecule has 1 aliphatic rings. The number of phosphoric acid groups is 1. The van der Waals surface area contributed by atoms with Gasteiger partial charge >= 0.3 is 7.82 Å². The predicted octanol–water partition coefficient (Wildman–Crippen LogP) is 3.27. The van der Waals surface area contributed by atoms with Crippen LogP contribution in [0.1, 0.15) is 51.9 Å². The Morgan fingerprint density at radius 1 is 1.11 bits per heavy atom. The molecule has 6 heteroatoms. The van der Waals surface area contributed by atoms with E-state index in [1.165, 1.54) is 32.1 Å². The summed E-state index contributed by atoms with van der Waals surface area (Å²) in [4.78, 5) is 9.22. The van der Waals surface area contributed by atoms with Gasteiger partial charge in [0.1, 0.15) is 0 Å². The standard InChI is InChI=1S/C12H25O5P/c1-2-3-4-5-6-7-8-12-11-17-18(13,14)16-10-9-15-12/h12H,2-11H2,1H3,(H,13,14). The molecule has 5 nitrogen and oxygen atoms in total. The van der Waals surface area contributed by atoms with Gasteiger partial charge in [-0.15, -0.1) is 0 Å². The van der Waals surface area contributed by atoms with E-state index in [4.69, 9.17) is 9.26 Å². The third kappa shape index (κ3) is 7.49. The van der Waals surface area contributed by atoms with Crippen molar-refractivity contribution < 1.29 is 23.2 Å². The Labute approximate surface area is 109 Å². The number of unbranched alkanes of at least 4 members (excludes halogenated alkanes) is 5. The van der Waals surface area contributed by atoms with Gasteiger partial charge in [0.15, 0.2) is 0 Å². The molecular formula is C12H25O5P. The maximum absolute atomic E-state index is 11.3. The van der Waals surface area contributed by atoms with Crippen LogP contribution in [0.25, 0.3) is 0 Å². The maximum Gasteiger partial charge on any atom is 0.472 e. The van der Waals surface area contributed by atoms with Gasteiger partial charge in [0.05, 0.1) is 25.9 Å². The second-order valence-corrected chi connectivity index (χ2v) is 6.10. The lowest BCUT2D eigenvalue weighted by Crippen LogP contribution is -2.24. The summed E-state index contributed by atoms with van der Waals surface area (Å²) < 4.78 is 26.3. The van der Waals surface area contributed by atoms with E-state index >= 15 is 0 Å². The fourth-order valence-corrected chi connectivity index (χ4v) is 2.68. The summed E-state index contributed by atoms with van der Waals surface area (Å²) in [5.74, 6) is 0. The van der Waals surface area contributed by atoms with E-state index in [0.29, 0.717) is 6.61 Å². The van der Waals surface area contributed by atoms with E-state index in [0.717, 1.165) is 12.8 Å². The Kier molecular flexibility index (Phi) is 8.11. The van der Waals surface area contributed by atoms with E-state index in [1.807, 2.05) is 0 Å². The van der Waals surface area contributed by atoms with Crippen molar-refractivity contribution in [3.05, 3.63) is 0 Å². The Balaban J connectivity index is 2.11. The fraction of sp³-hybridized carbons (Fsp3) is 1.00. The van der Waals surface area contributed by atoms with E-state index < -0.39 is 7.82 Å². The van der Waals surface area contributed by atoms with Crippen molar-refractivity contribution in [2.75, 3.05) is 19.8 Å². The second-order valence-electron chi connectivity index (χ2n) is 4.65. The van der Waals surface area contributed by atoms with Gasteiger partial charge in [-0.2, -0.15) is 0 Å². The first-order valence-electron chi connectivity index (χ1n) is 6.87. The molecule has 1 saturated heterocycles. The summed E-state index contributed by atoms with van der Waals surface area (Å²) in [5, 5.41) is 0. The van der Waals surface area contributed by atoms with Gasteiger partial charge in [0.25, 0.3) is 0 Å². The Hall–Kier alpha value is 0.0700. The molecule has 0 aliphatic carbocycles. The highest BCUT2D eigenvalue weighted by molar-refractivity contribution is 7.47. The van der Waals surface area contributed by atoms with Crippen LogP contribution in [0.2, 0.25) is 0 Å². The summed E-state index contributed by atoms with van der Waals surface area (Å²) in [5.41, 5.74) is 0. The van der Waals surface area contributed by atoms with Crippen LogP contribution in [0.4, 0.5) is 0 Å². The fourth-order valence-electron chi connectivity index (χ4n) is 1.95. The first-order chi connectivity index (χ1) is 8.64. The average molecular weight is 280 g/mol. The normalized spacial score (nSPS) is 29.8. The van der Waals surface area contributed by atoms with Crippen LogP contribution in [0, 0.1) is 0 Å². The molecule has 0 spiro atoms. The van der Waals surface area contributed by atoms with Gasteiger partial charge in [-0.3, -0.25) is 9.05 Å². The average Bonchev–Trinajstić information content (AvgIpc) is 2.32. The first-order valence-corrected chi connectivity index (χ1v) is 8.37. The molecule has 0 aromatic carbocycles. The van der Waals surface area contributed by atoms with Gasteiger partial charge < -0.3 is 9.63 Å². The highest BCUT2D eigenvalue weighted by atomic mass is 31.2.